The van der Waals surface area contributed by atoms with Gasteiger partial charge in [0.2, 0.25) is 0 Å². The number of aldehydes is 1. The predicted octanol–water partition coefficient (Wildman–Crippen LogP) is 7.37. The van der Waals surface area contributed by atoms with Crippen LogP contribution in [-0.2, 0) is 4.79 Å². The summed E-state index contributed by atoms with van der Waals surface area (Å²) in [4.78, 5) is 10.8. The summed E-state index contributed by atoms with van der Waals surface area (Å²) >= 11 is 0. The fourth-order valence-electron chi connectivity index (χ4n) is 8.91. The Morgan fingerprint density at radius 3 is 2.57 bits per heavy atom. The molecule has 0 bridgehead atoms. The molecule has 0 aromatic rings. The molecule has 0 aromatic carbocycles. The van der Waals surface area contributed by atoms with Crippen molar-refractivity contribution >= 4 is 6.29 Å². The second-order valence-corrected chi connectivity index (χ2v) is 11.4. The molecule has 4 fully saturated rings. The Bertz CT molecular complexity index is 632. The molecule has 4 rings (SSSR count). The fraction of sp³-hybridized carbons (Fsp3) is 0.815. The van der Waals surface area contributed by atoms with Crippen LogP contribution in [0.5, 0.6) is 0 Å². The van der Waals surface area contributed by atoms with Crippen molar-refractivity contribution in [2.24, 2.45) is 46.3 Å². The van der Waals surface area contributed by atoms with Gasteiger partial charge in [-0.3, -0.25) is 4.79 Å². The molecule has 1 heteroatoms. The van der Waals surface area contributed by atoms with Crippen molar-refractivity contribution in [1.82, 2.24) is 0 Å². The molecule has 0 spiro atoms. The first kappa shape index (κ1) is 20.4. The van der Waals surface area contributed by atoms with Crippen molar-refractivity contribution in [3.05, 3.63) is 24.3 Å². The molecule has 0 amide bonds. The van der Waals surface area contributed by atoms with Crippen molar-refractivity contribution in [1.29, 1.82) is 0 Å². The van der Waals surface area contributed by atoms with E-state index in [0.29, 0.717) is 22.3 Å². The van der Waals surface area contributed by atoms with E-state index in [-0.39, 0.29) is 0 Å². The van der Waals surface area contributed by atoms with Crippen LogP contribution >= 0.6 is 0 Å². The maximum absolute atomic E-state index is 10.8. The van der Waals surface area contributed by atoms with Gasteiger partial charge in [-0.2, -0.15) is 0 Å². The highest BCUT2D eigenvalue weighted by Crippen LogP contribution is 2.68. The first-order chi connectivity index (χ1) is 13.4. The first-order valence-electron chi connectivity index (χ1n) is 12.2. The molecule has 4 aliphatic rings. The Morgan fingerprint density at radius 1 is 1.00 bits per heavy atom. The van der Waals surface area contributed by atoms with E-state index in [1.165, 1.54) is 64.2 Å². The van der Waals surface area contributed by atoms with E-state index in [1.807, 2.05) is 6.08 Å². The molecule has 0 aliphatic heterocycles. The summed E-state index contributed by atoms with van der Waals surface area (Å²) in [5.74, 6) is 5.56. The van der Waals surface area contributed by atoms with Gasteiger partial charge in [0.1, 0.15) is 6.29 Å². The van der Waals surface area contributed by atoms with Crippen LogP contribution in [-0.4, -0.2) is 6.29 Å². The van der Waals surface area contributed by atoms with Gasteiger partial charge < -0.3 is 0 Å². The van der Waals surface area contributed by atoms with Gasteiger partial charge in [-0.15, -0.1) is 0 Å². The number of carbonyl (C=O) groups excluding carboxylic acids is 1. The maximum atomic E-state index is 10.8. The standard InChI is InChI=1S/C27H42O/c1-19(18-28)8-7-9-20(2)23-13-14-24-22-12-11-21-10-5-6-16-26(21,3)25(22)15-17-27(23,24)4/h7-8,18,20-25H,1,5-6,9-17H2,2-4H3/t20-,21?,22+,23-,24+,25+,26+,27-/m1/s1. The summed E-state index contributed by atoms with van der Waals surface area (Å²) in [6, 6.07) is 0. The third kappa shape index (κ3) is 3.25. The number of hydrogen-bond acceptors (Lipinski definition) is 1. The van der Waals surface area contributed by atoms with E-state index < -0.39 is 0 Å². The van der Waals surface area contributed by atoms with Gasteiger partial charge >= 0.3 is 0 Å². The summed E-state index contributed by atoms with van der Waals surface area (Å²) in [6.07, 6.45) is 20.9. The Labute approximate surface area is 173 Å². The normalized spacial score (nSPS) is 46.5. The van der Waals surface area contributed by atoms with Crippen LogP contribution in [0.2, 0.25) is 0 Å². The first-order valence-corrected chi connectivity index (χ1v) is 12.2. The van der Waals surface area contributed by atoms with Crippen molar-refractivity contribution in [2.75, 3.05) is 0 Å². The molecule has 4 aliphatic carbocycles. The molecule has 0 saturated heterocycles. The largest absolute Gasteiger partial charge is 0.298 e. The summed E-state index contributed by atoms with van der Waals surface area (Å²) in [7, 11) is 0. The maximum Gasteiger partial charge on any atom is 0.149 e. The van der Waals surface area contributed by atoms with Gasteiger partial charge in [0.25, 0.3) is 0 Å². The second kappa shape index (κ2) is 7.77. The van der Waals surface area contributed by atoms with E-state index in [2.05, 4.69) is 33.4 Å². The number of fused-ring (bicyclic) bond motifs is 5. The Hall–Kier alpha value is -0.850. The molecule has 8 atom stereocenters. The molecule has 0 heterocycles. The van der Waals surface area contributed by atoms with Crippen LogP contribution < -0.4 is 0 Å². The minimum atomic E-state index is 0.550. The highest BCUT2D eigenvalue weighted by Gasteiger charge is 2.59. The summed E-state index contributed by atoms with van der Waals surface area (Å²) in [5.41, 5.74) is 1.80. The second-order valence-electron chi connectivity index (χ2n) is 11.4. The van der Waals surface area contributed by atoms with Gasteiger partial charge in [0, 0.05) is 5.57 Å². The molecule has 156 valence electrons. The SMILES string of the molecule is C=C(C=O)C=CC[C@@H](C)[C@H]1CC[C@H]2[C@@H]3CCC4CCCC[C@]4(C)[C@H]3CC[C@]12C. The Kier molecular flexibility index (Phi) is 5.66. The van der Waals surface area contributed by atoms with Crippen LogP contribution in [0.15, 0.2) is 24.3 Å². The van der Waals surface area contributed by atoms with Crippen molar-refractivity contribution < 1.29 is 4.79 Å². The number of carbonyl (C=O) groups is 1. The zero-order valence-electron chi connectivity index (χ0n) is 18.6. The van der Waals surface area contributed by atoms with Gasteiger partial charge in [0.05, 0.1) is 0 Å². The summed E-state index contributed by atoms with van der Waals surface area (Å²) < 4.78 is 0. The Morgan fingerprint density at radius 2 is 1.79 bits per heavy atom. The van der Waals surface area contributed by atoms with Crippen LogP contribution in [0.1, 0.15) is 91.4 Å². The predicted molar refractivity (Wildman–Crippen MR) is 118 cm³/mol. The number of rotatable bonds is 5. The van der Waals surface area contributed by atoms with Crippen molar-refractivity contribution in [3.8, 4) is 0 Å². The van der Waals surface area contributed by atoms with Crippen LogP contribution in [0.25, 0.3) is 0 Å². The van der Waals surface area contributed by atoms with E-state index in [0.717, 1.165) is 42.3 Å². The smallest absolute Gasteiger partial charge is 0.149 e. The van der Waals surface area contributed by atoms with Crippen LogP contribution in [0.4, 0.5) is 0 Å². The van der Waals surface area contributed by atoms with Crippen LogP contribution in [0.3, 0.4) is 0 Å². The van der Waals surface area contributed by atoms with Crippen LogP contribution in [0, 0.1) is 46.3 Å². The molecule has 4 saturated carbocycles. The lowest BCUT2D eigenvalue weighted by Crippen LogP contribution is -2.53. The monoisotopic (exact) mass is 382 g/mol. The molecule has 1 nitrogen and oxygen atoms in total. The molecule has 0 radical (unpaired) electrons. The number of hydrogen-bond donors (Lipinski definition) is 0. The quantitative estimate of drug-likeness (QED) is 0.275. The van der Waals surface area contributed by atoms with Gasteiger partial charge in [0.15, 0.2) is 0 Å². The minimum absolute atomic E-state index is 0.550. The average Bonchev–Trinajstić information content (AvgIpc) is 3.04. The van der Waals surface area contributed by atoms with E-state index in [1.54, 1.807) is 0 Å². The molecule has 1 unspecified atom stereocenters. The van der Waals surface area contributed by atoms with Crippen molar-refractivity contribution in [3.63, 3.8) is 0 Å². The third-order valence-electron chi connectivity index (χ3n) is 10.3. The lowest BCUT2D eigenvalue weighted by Gasteiger charge is -2.61. The van der Waals surface area contributed by atoms with Gasteiger partial charge in [-0.05, 0) is 104 Å². The summed E-state index contributed by atoms with van der Waals surface area (Å²) in [5, 5.41) is 0. The lowest BCUT2D eigenvalue weighted by atomic mass is 9.44. The highest BCUT2D eigenvalue weighted by atomic mass is 16.1. The molecular formula is C27H42O. The minimum Gasteiger partial charge on any atom is -0.298 e. The lowest BCUT2D eigenvalue weighted by molar-refractivity contribution is -0.114. The fourth-order valence-corrected chi connectivity index (χ4v) is 8.91. The van der Waals surface area contributed by atoms with E-state index in [4.69, 9.17) is 0 Å². The topological polar surface area (TPSA) is 17.1 Å². The zero-order chi connectivity index (χ0) is 19.9. The molecule has 28 heavy (non-hydrogen) atoms. The molecular weight excluding hydrogens is 340 g/mol. The van der Waals surface area contributed by atoms with Gasteiger partial charge in [-0.1, -0.05) is 52.3 Å². The highest BCUT2D eigenvalue weighted by molar-refractivity contribution is 5.76. The summed E-state index contributed by atoms with van der Waals surface area (Å²) in [6.45, 7) is 11.6. The molecule has 0 N–H and O–H groups in total. The van der Waals surface area contributed by atoms with Gasteiger partial charge in [-0.25, -0.2) is 0 Å². The number of allylic oxidation sites excluding steroid dienone is 3. The molecule has 0 aromatic heterocycles. The zero-order valence-corrected chi connectivity index (χ0v) is 18.6. The average molecular weight is 383 g/mol. The van der Waals surface area contributed by atoms with E-state index >= 15 is 0 Å². The Balaban J connectivity index is 1.48. The third-order valence-corrected chi connectivity index (χ3v) is 10.3. The van der Waals surface area contributed by atoms with Crippen molar-refractivity contribution in [2.45, 2.75) is 91.4 Å². The van der Waals surface area contributed by atoms with E-state index in [9.17, 15) is 4.79 Å².